The minimum absolute atomic E-state index is 0.270. The molecule has 0 unspecified atom stereocenters. The fourth-order valence-corrected chi connectivity index (χ4v) is 4.36. The third-order valence-electron chi connectivity index (χ3n) is 6.19. The van der Waals surface area contributed by atoms with Gasteiger partial charge in [0, 0.05) is 35.8 Å². The number of aryl methyl sites for hydroxylation is 1. The maximum Gasteiger partial charge on any atom is 0.416 e. The second-order valence-electron chi connectivity index (χ2n) is 8.76. The number of hydrogen-bond acceptors (Lipinski definition) is 9. The van der Waals surface area contributed by atoms with Crippen LogP contribution >= 0.6 is 0 Å². The summed E-state index contributed by atoms with van der Waals surface area (Å²) in [5.74, 6) is 0.966. The van der Waals surface area contributed by atoms with Gasteiger partial charge in [0.1, 0.15) is 23.6 Å². The summed E-state index contributed by atoms with van der Waals surface area (Å²) < 4.78 is 44.4. The summed E-state index contributed by atoms with van der Waals surface area (Å²) in [6.07, 6.45) is 2.94. The molecule has 0 spiro atoms. The Morgan fingerprint density at radius 3 is 2.77 bits per heavy atom. The van der Waals surface area contributed by atoms with E-state index in [1.807, 2.05) is 24.0 Å². The number of carbonyl (C=O) groups is 1. The van der Waals surface area contributed by atoms with Crippen LogP contribution in [0.25, 0.3) is 11.6 Å². The number of nitrogens with one attached hydrogen (secondary N) is 2. The van der Waals surface area contributed by atoms with Crippen LogP contribution in [0.3, 0.4) is 0 Å². The Morgan fingerprint density at radius 1 is 1.10 bits per heavy atom. The molecule has 0 saturated heterocycles. The van der Waals surface area contributed by atoms with Gasteiger partial charge in [-0.15, -0.1) is 0 Å². The van der Waals surface area contributed by atoms with Gasteiger partial charge in [0.15, 0.2) is 0 Å². The van der Waals surface area contributed by atoms with Gasteiger partial charge in [-0.25, -0.2) is 9.97 Å². The number of fused-ring (bicyclic) bond motifs is 3. The van der Waals surface area contributed by atoms with E-state index in [9.17, 15) is 18.0 Å². The summed E-state index contributed by atoms with van der Waals surface area (Å²) in [5.41, 5.74) is 2.40. The predicted molar refractivity (Wildman–Crippen MR) is 138 cm³/mol. The monoisotopic (exact) mass is 532 g/mol. The molecule has 0 atom stereocenters. The van der Waals surface area contributed by atoms with Crippen LogP contribution in [0.2, 0.25) is 0 Å². The molecule has 39 heavy (non-hydrogen) atoms. The topological polar surface area (TPSA) is 121 Å². The van der Waals surface area contributed by atoms with E-state index in [1.54, 1.807) is 18.3 Å². The lowest BCUT2D eigenvalue weighted by molar-refractivity contribution is -0.137. The van der Waals surface area contributed by atoms with Gasteiger partial charge >= 0.3 is 12.2 Å². The molecule has 0 aliphatic carbocycles. The van der Waals surface area contributed by atoms with E-state index in [0.717, 1.165) is 46.4 Å². The van der Waals surface area contributed by atoms with Crippen molar-refractivity contribution in [1.29, 1.82) is 0 Å². The highest BCUT2D eigenvalue weighted by Gasteiger charge is 2.32. The molecular formula is C26H19F3N8O2. The molecule has 13 heteroatoms. The number of aromatic nitrogens is 4. The molecule has 5 heterocycles. The summed E-state index contributed by atoms with van der Waals surface area (Å²) >= 11 is 0. The van der Waals surface area contributed by atoms with Crippen LogP contribution in [-0.4, -0.2) is 44.8 Å². The number of amides is 1. The number of anilines is 4. The first-order valence-corrected chi connectivity index (χ1v) is 11.8. The Balaban J connectivity index is 1.31. The summed E-state index contributed by atoms with van der Waals surface area (Å²) in [6, 6.07) is 7.07. The molecule has 0 saturated carbocycles. The molecule has 2 aliphatic rings. The highest BCUT2D eigenvalue weighted by Crippen LogP contribution is 2.37. The molecule has 10 nitrogen and oxygen atoms in total. The van der Waals surface area contributed by atoms with Crippen molar-refractivity contribution in [3.05, 3.63) is 83.1 Å². The second-order valence-corrected chi connectivity index (χ2v) is 8.76. The average molecular weight is 532 g/mol. The van der Waals surface area contributed by atoms with Gasteiger partial charge in [0.2, 0.25) is 5.95 Å². The molecule has 3 aromatic heterocycles. The molecule has 6 rings (SSSR count). The zero-order chi connectivity index (χ0) is 27.1. The van der Waals surface area contributed by atoms with E-state index in [0.29, 0.717) is 30.5 Å². The average Bonchev–Trinajstić information content (AvgIpc) is 3.62. The quantitative estimate of drug-likeness (QED) is 0.370. The number of benzene rings is 1. The number of carbonyl (C=O) groups excluding carboxylic acids is 1. The number of oxazole rings is 1. The molecular weight excluding hydrogens is 513 g/mol. The highest BCUT2D eigenvalue weighted by atomic mass is 19.4. The van der Waals surface area contributed by atoms with E-state index in [2.05, 4.69) is 30.6 Å². The Bertz CT molecular complexity index is 1650. The van der Waals surface area contributed by atoms with Crippen molar-refractivity contribution in [1.82, 2.24) is 19.9 Å². The Hall–Kier alpha value is -5.07. The number of aliphatic imine (C=N–C) groups is 1. The Labute approximate surface area is 219 Å². The summed E-state index contributed by atoms with van der Waals surface area (Å²) in [7, 11) is 0. The van der Waals surface area contributed by atoms with Gasteiger partial charge in [-0.1, -0.05) is 6.07 Å². The minimum atomic E-state index is -4.58. The summed E-state index contributed by atoms with van der Waals surface area (Å²) in [4.78, 5) is 36.2. The van der Waals surface area contributed by atoms with Gasteiger partial charge < -0.3 is 14.6 Å². The third-order valence-corrected chi connectivity index (χ3v) is 6.19. The normalized spacial score (nSPS) is 14.3. The smallest absolute Gasteiger partial charge is 0.416 e. The summed E-state index contributed by atoms with van der Waals surface area (Å²) in [5, 5.41) is 5.58. The van der Waals surface area contributed by atoms with Crippen molar-refractivity contribution in [3.63, 3.8) is 0 Å². The molecule has 0 fully saturated rings. The lowest BCUT2D eigenvalue weighted by atomic mass is 9.94. The number of rotatable bonds is 5. The molecule has 1 aromatic carbocycles. The van der Waals surface area contributed by atoms with Gasteiger partial charge in [0.25, 0.3) is 5.91 Å². The largest absolute Gasteiger partial charge is 0.432 e. The van der Waals surface area contributed by atoms with Crippen molar-refractivity contribution >= 4 is 46.9 Å². The molecule has 0 bridgehead atoms. The van der Waals surface area contributed by atoms with Crippen molar-refractivity contribution in [2.24, 2.45) is 4.99 Å². The SMILES string of the molecule is Cc1ccc(NC(=O)c2cc(C(F)(F)F)ccn2)cc1C1=Cc2cnc(Nc3ncco3)nc2N2CCN=C12. The van der Waals surface area contributed by atoms with Crippen LogP contribution < -0.4 is 15.5 Å². The number of hydrogen-bond donors (Lipinski definition) is 2. The van der Waals surface area contributed by atoms with Crippen molar-refractivity contribution in [2.45, 2.75) is 13.1 Å². The molecule has 4 aromatic rings. The first-order chi connectivity index (χ1) is 18.8. The fourth-order valence-electron chi connectivity index (χ4n) is 4.36. The van der Waals surface area contributed by atoms with E-state index >= 15 is 0 Å². The molecule has 2 N–H and O–H groups in total. The van der Waals surface area contributed by atoms with Crippen LogP contribution in [0.4, 0.5) is 36.6 Å². The Kier molecular flexibility index (Phi) is 5.82. The van der Waals surface area contributed by atoms with Gasteiger partial charge in [0.05, 0.1) is 18.3 Å². The van der Waals surface area contributed by atoms with Crippen molar-refractivity contribution in [3.8, 4) is 0 Å². The standard InChI is InChI=1S/C26H19F3N8O2/c1-14-2-3-17(34-23(38)20-11-16(4-5-30-20)26(27,28)29)12-18(14)19-10-15-13-33-24(36-25-32-7-9-39-25)35-21(15)37-8-6-31-22(19)37/h2-5,7,9-13H,6,8H2,1H3,(H,34,38)(H,32,33,35,36). The van der Waals surface area contributed by atoms with Crippen LogP contribution in [0.1, 0.15) is 32.7 Å². The van der Waals surface area contributed by atoms with Gasteiger partial charge in [-0.05, 0) is 48.4 Å². The Morgan fingerprint density at radius 2 is 1.97 bits per heavy atom. The van der Waals surface area contributed by atoms with E-state index in [-0.39, 0.29) is 11.7 Å². The first kappa shape index (κ1) is 24.3. The lowest BCUT2D eigenvalue weighted by Crippen LogP contribution is -2.32. The van der Waals surface area contributed by atoms with Crippen molar-refractivity contribution < 1.29 is 22.4 Å². The first-order valence-electron chi connectivity index (χ1n) is 11.8. The second kappa shape index (κ2) is 9.35. The minimum Gasteiger partial charge on any atom is -0.432 e. The maximum atomic E-state index is 13.1. The predicted octanol–water partition coefficient (Wildman–Crippen LogP) is 4.96. The van der Waals surface area contributed by atoms with E-state index in [4.69, 9.17) is 9.41 Å². The van der Waals surface area contributed by atoms with Gasteiger partial charge in [-0.3, -0.25) is 20.1 Å². The van der Waals surface area contributed by atoms with Crippen LogP contribution in [0.5, 0.6) is 0 Å². The molecule has 196 valence electrons. The number of amidine groups is 1. The molecule has 0 radical (unpaired) electrons. The third kappa shape index (κ3) is 4.69. The van der Waals surface area contributed by atoms with Gasteiger partial charge in [-0.2, -0.15) is 18.2 Å². The number of halogens is 3. The van der Waals surface area contributed by atoms with Crippen LogP contribution in [0, 0.1) is 6.92 Å². The number of nitrogens with zero attached hydrogens (tertiary/aromatic N) is 6. The number of pyridine rings is 1. The van der Waals surface area contributed by atoms with Crippen LogP contribution in [-0.2, 0) is 6.18 Å². The molecule has 1 amide bonds. The van der Waals surface area contributed by atoms with Crippen LogP contribution in [0.15, 0.2) is 64.6 Å². The zero-order valence-electron chi connectivity index (χ0n) is 20.3. The highest BCUT2D eigenvalue weighted by molar-refractivity contribution is 6.36. The van der Waals surface area contributed by atoms with Crippen molar-refractivity contribution in [2.75, 3.05) is 28.6 Å². The fraction of sp³-hybridized carbons (Fsp3) is 0.154. The summed E-state index contributed by atoms with van der Waals surface area (Å²) in [6.45, 7) is 3.10. The number of alkyl halides is 3. The zero-order valence-corrected chi connectivity index (χ0v) is 20.3. The molecule has 2 aliphatic heterocycles. The van der Waals surface area contributed by atoms with E-state index < -0.39 is 17.6 Å². The maximum absolute atomic E-state index is 13.1. The lowest BCUT2D eigenvalue weighted by Gasteiger charge is -2.28. The van der Waals surface area contributed by atoms with E-state index in [1.165, 1.54) is 12.5 Å².